The number of carbonyl (C=O) groups is 2. The van der Waals surface area contributed by atoms with Crippen molar-refractivity contribution >= 4 is 46.1 Å². The minimum Gasteiger partial charge on any atom is -0.350 e. The van der Waals surface area contributed by atoms with Gasteiger partial charge >= 0.3 is 0 Å². The molecule has 0 saturated carbocycles. The van der Waals surface area contributed by atoms with E-state index in [4.69, 9.17) is 12.2 Å². The Balaban J connectivity index is 1.60. The average Bonchev–Trinajstić information content (AvgIpc) is 3.19. The SMILES string of the molecule is CN1C(=O)/C(=C/c2cn(CC(=O)NCc3ccccc3)c3ccccc23)N(C)C1=S. The number of nitrogens with one attached hydrogen (secondary N) is 1. The van der Waals surface area contributed by atoms with E-state index in [1.165, 1.54) is 4.90 Å². The van der Waals surface area contributed by atoms with Crippen LogP contribution in [0, 0.1) is 0 Å². The van der Waals surface area contributed by atoms with Crippen LogP contribution in [0.5, 0.6) is 0 Å². The van der Waals surface area contributed by atoms with Crippen LogP contribution in [0.2, 0.25) is 0 Å². The Labute approximate surface area is 180 Å². The maximum Gasteiger partial charge on any atom is 0.276 e. The Morgan fingerprint density at radius 2 is 1.73 bits per heavy atom. The van der Waals surface area contributed by atoms with Gasteiger partial charge in [-0.1, -0.05) is 48.5 Å². The first-order chi connectivity index (χ1) is 14.5. The van der Waals surface area contributed by atoms with E-state index >= 15 is 0 Å². The van der Waals surface area contributed by atoms with E-state index in [0.717, 1.165) is 22.0 Å². The molecule has 7 heteroatoms. The summed E-state index contributed by atoms with van der Waals surface area (Å²) in [6, 6.07) is 17.6. The van der Waals surface area contributed by atoms with Gasteiger partial charge in [0.1, 0.15) is 12.2 Å². The third-order valence-electron chi connectivity index (χ3n) is 5.22. The number of para-hydroxylation sites is 1. The van der Waals surface area contributed by atoms with Crippen LogP contribution in [0.4, 0.5) is 0 Å². The van der Waals surface area contributed by atoms with Gasteiger partial charge in [0, 0.05) is 43.3 Å². The fourth-order valence-electron chi connectivity index (χ4n) is 3.56. The van der Waals surface area contributed by atoms with E-state index in [0.29, 0.717) is 17.4 Å². The summed E-state index contributed by atoms with van der Waals surface area (Å²) in [7, 11) is 3.45. The fourth-order valence-corrected chi connectivity index (χ4v) is 3.75. The number of benzene rings is 2. The number of thiocarbonyl (C=S) groups is 1. The zero-order valence-electron chi connectivity index (χ0n) is 16.8. The third kappa shape index (κ3) is 3.71. The van der Waals surface area contributed by atoms with Crippen molar-refractivity contribution in [3.05, 3.63) is 77.6 Å². The molecule has 1 aliphatic heterocycles. The molecule has 0 aliphatic carbocycles. The molecule has 2 heterocycles. The molecule has 2 amide bonds. The molecule has 4 rings (SSSR count). The van der Waals surface area contributed by atoms with Gasteiger partial charge in [-0.05, 0) is 29.9 Å². The number of hydrogen-bond acceptors (Lipinski definition) is 3. The lowest BCUT2D eigenvalue weighted by molar-refractivity contribution is -0.122. The smallest absolute Gasteiger partial charge is 0.276 e. The Bertz CT molecular complexity index is 1170. The van der Waals surface area contributed by atoms with Gasteiger partial charge in [-0.25, -0.2) is 0 Å². The van der Waals surface area contributed by atoms with E-state index in [9.17, 15) is 9.59 Å². The van der Waals surface area contributed by atoms with Gasteiger partial charge in [0.15, 0.2) is 5.11 Å². The van der Waals surface area contributed by atoms with Crippen LogP contribution in [0.1, 0.15) is 11.1 Å². The van der Waals surface area contributed by atoms with Crippen molar-refractivity contribution < 1.29 is 9.59 Å². The Kier molecular flexibility index (Phi) is 5.37. The molecule has 0 bridgehead atoms. The number of amides is 2. The highest BCUT2D eigenvalue weighted by molar-refractivity contribution is 7.80. The molecule has 1 N–H and O–H groups in total. The lowest BCUT2D eigenvalue weighted by Crippen LogP contribution is -2.26. The molecule has 0 radical (unpaired) electrons. The number of nitrogens with zero attached hydrogens (tertiary/aromatic N) is 3. The summed E-state index contributed by atoms with van der Waals surface area (Å²) >= 11 is 5.29. The maximum absolute atomic E-state index is 12.5. The molecule has 0 atom stereocenters. The van der Waals surface area contributed by atoms with Crippen LogP contribution in [0.15, 0.2) is 66.5 Å². The van der Waals surface area contributed by atoms with Gasteiger partial charge in [-0.15, -0.1) is 0 Å². The molecule has 1 aromatic heterocycles. The van der Waals surface area contributed by atoms with Gasteiger partial charge in [0.25, 0.3) is 5.91 Å². The predicted octanol–water partition coefficient (Wildman–Crippen LogP) is 2.99. The van der Waals surface area contributed by atoms with E-state index in [1.54, 1.807) is 19.0 Å². The molecular weight excluding hydrogens is 396 g/mol. The molecule has 2 aromatic carbocycles. The summed E-state index contributed by atoms with van der Waals surface area (Å²) in [6.45, 7) is 0.678. The second kappa shape index (κ2) is 8.12. The van der Waals surface area contributed by atoms with Gasteiger partial charge in [0.05, 0.1) is 0 Å². The van der Waals surface area contributed by atoms with E-state index < -0.39 is 0 Å². The molecule has 152 valence electrons. The lowest BCUT2D eigenvalue weighted by atomic mass is 10.1. The number of fused-ring (bicyclic) bond motifs is 1. The molecule has 1 fully saturated rings. The van der Waals surface area contributed by atoms with Gasteiger partial charge < -0.3 is 14.8 Å². The maximum atomic E-state index is 12.5. The quantitative estimate of drug-likeness (QED) is 0.511. The van der Waals surface area contributed by atoms with Crippen molar-refractivity contribution in [2.24, 2.45) is 0 Å². The second-order valence-corrected chi connectivity index (χ2v) is 7.59. The Morgan fingerprint density at radius 3 is 2.43 bits per heavy atom. The zero-order chi connectivity index (χ0) is 21.3. The number of likely N-dealkylation sites (N-methyl/N-ethyl adjacent to an activating group) is 2. The van der Waals surface area contributed by atoms with E-state index in [1.807, 2.05) is 71.4 Å². The predicted molar refractivity (Wildman–Crippen MR) is 121 cm³/mol. The van der Waals surface area contributed by atoms with Crippen LogP contribution in [0.3, 0.4) is 0 Å². The van der Waals surface area contributed by atoms with Crippen LogP contribution in [0.25, 0.3) is 17.0 Å². The normalized spacial score (nSPS) is 15.5. The summed E-state index contributed by atoms with van der Waals surface area (Å²) in [5.74, 6) is -0.214. The Hall–Kier alpha value is -3.45. The summed E-state index contributed by atoms with van der Waals surface area (Å²) < 4.78 is 1.91. The fraction of sp³-hybridized carbons (Fsp3) is 0.174. The average molecular weight is 419 g/mol. The van der Waals surface area contributed by atoms with E-state index in [2.05, 4.69) is 5.32 Å². The summed E-state index contributed by atoms with van der Waals surface area (Å²) in [4.78, 5) is 28.2. The molecular formula is C23H22N4O2S. The highest BCUT2D eigenvalue weighted by Gasteiger charge is 2.32. The number of hydrogen-bond donors (Lipinski definition) is 1. The van der Waals surface area contributed by atoms with Crippen LogP contribution in [-0.4, -0.2) is 45.4 Å². The summed E-state index contributed by atoms with van der Waals surface area (Å²) in [5, 5.41) is 4.40. The van der Waals surface area contributed by atoms with Crippen molar-refractivity contribution in [1.82, 2.24) is 19.7 Å². The topological polar surface area (TPSA) is 57.6 Å². The molecule has 0 unspecified atom stereocenters. The summed E-state index contributed by atoms with van der Waals surface area (Å²) in [6.07, 6.45) is 3.74. The van der Waals surface area contributed by atoms with Gasteiger partial charge in [-0.2, -0.15) is 0 Å². The van der Waals surface area contributed by atoms with Gasteiger partial charge in [0.2, 0.25) is 5.91 Å². The largest absolute Gasteiger partial charge is 0.350 e. The van der Waals surface area contributed by atoms with E-state index in [-0.39, 0.29) is 18.4 Å². The van der Waals surface area contributed by atoms with Crippen molar-refractivity contribution in [1.29, 1.82) is 0 Å². The monoisotopic (exact) mass is 418 g/mol. The highest BCUT2D eigenvalue weighted by Crippen LogP contribution is 2.27. The molecule has 0 spiro atoms. The standard InChI is InChI=1S/C23H22N4O2S/c1-25-20(22(29)26(2)23(25)30)12-17-14-27(19-11-7-6-10-18(17)19)15-21(28)24-13-16-8-4-3-5-9-16/h3-12,14H,13,15H2,1-2H3,(H,24,28)/b20-12-. The van der Waals surface area contributed by atoms with Crippen molar-refractivity contribution in [2.75, 3.05) is 14.1 Å². The lowest BCUT2D eigenvalue weighted by Gasteiger charge is -2.10. The minimum absolute atomic E-state index is 0.0752. The first-order valence-electron chi connectivity index (χ1n) is 9.61. The molecule has 3 aromatic rings. The van der Waals surface area contributed by atoms with Crippen LogP contribution >= 0.6 is 12.2 Å². The number of rotatable bonds is 5. The first-order valence-corrected chi connectivity index (χ1v) is 10.0. The number of aromatic nitrogens is 1. The third-order valence-corrected chi connectivity index (χ3v) is 5.76. The van der Waals surface area contributed by atoms with Crippen LogP contribution in [-0.2, 0) is 22.7 Å². The zero-order valence-corrected chi connectivity index (χ0v) is 17.6. The molecule has 1 saturated heterocycles. The second-order valence-electron chi connectivity index (χ2n) is 7.23. The number of carbonyl (C=O) groups excluding carboxylic acids is 2. The molecule has 1 aliphatic rings. The van der Waals surface area contributed by atoms with Crippen molar-refractivity contribution in [3.8, 4) is 0 Å². The summed E-state index contributed by atoms with van der Waals surface area (Å²) in [5.41, 5.74) is 3.37. The van der Waals surface area contributed by atoms with Crippen molar-refractivity contribution in [3.63, 3.8) is 0 Å². The molecule has 30 heavy (non-hydrogen) atoms. The van der Waals surface area contributed by atoms with Crippen LogP contribution < -0.4 is 5.32 Å². The minimum atomic E-state index is -0.139. The van der Waals surface area contributed by atoms with Crippen molar-refractivity contribution in [2.45, 2.75) is 13.1 Å². The first kappa shape index (κ1) is 19.8. The molecule has 6 nitrogen and oxygen atoms in total. The Morgan fingerprint density at radius 1 is 1.03 bits per heavy atom. The van der Waals surface area contributed by atoms with Gasteiger partial charge in [-0.3, -0.25) is 14.5 Å². The highest BCUT2D eigenvalue weighted by atomic mass is 32.1.